The molecule has 4 nitrogen and oxygen atoms in total. The second-order valence-corrected chi connectivity index (χ2v) is 5.97. The van der Waals surface area contributed by atoms with E-state index in [1.165, 1.54) is 12.3 Å². The van der Waals surface area contributed by atoms with Crippen LogP contribution < -0.4 is 10.1 Å². The van der Waals surface area contributed by atoms with E-state index in [1.807, 2.05) is 0 Å². The molecular formula is C16H20FN3O. The van der Waals surface area contributed by atoms with Crippen molar-refractivity contribution < 1.29 is 9.13 Å². The van der Waals surface area contributed by atoms with Crippen LogP contribution in [0.25, 0.3) is 0 Å². The van der Waals surface area contributed by atoms with E-state index in [0.717, 1.165) is 5.69 Å². The molecular weight excluding hydrogens is 269 g/mol. The van der Waals surface area contributed by atoms with Crippen LogP contribution >= 0.6 is 0 Å². The van der Waals surface area contributed by atoms with Crippen molar-refractivity contribution in [3.8, 4) is 11.6 Å². The molecule has 2 rings (SSSR count). The lowest BCUT2D eigenvalue weighted by molar-refractivity contribution is 0.414. The second-order valence-electron chi connectivity index (χ2n) is 5.97. The monoisotopic (exact) mass is 289 g/mol. The molecule has 0 saturated carbocycles. The molecule has 0 amide bonds. The van der Waals surface area contributed by atoms with Crippen LogP contribution in [0.4, 0.5) is 4.39 Å². The minimum atomic E-state index is -0.300. The SMILES string of the molecule is Cc1ccc(Oc2cncc(CNC(C)(C)C)n2)cc1F. The molecule has 1 N–H and O–H groups in total. The number of benzene rings is 1. The Morgan fingerprint density at radius 2 is 2.00 bits per heavy atom. The summed E-state index contributed by atoms with van der Waals surface area (Å²) in [7, 11) is 0. The van der Waals surface area contributed by atoms with Gasteiger partial charge >= 0.3 is 0 Å². The summed E-state index contributed by atoms with van der Waals surface area (Å²) in [6, 6.07) is 4.72. The van der Waals surface area contributed by atoms with Crippen LogP contribution in [0.2, 0.25) is 0 Å². The van der Waals surface area contributed by atoms with Crippen molar-refractivity contribution in [1.82, 2.24) is 15.3 Å². The molecule has 1 aromatic heterocycles. The zero-order valence-electron chi connectivity index (χ0n) is 12.8. The van der Waals surface area contributed by atoms with Gasteiger partial charge in [-0.25, -0.2) is 9.37 Å². The second kappa shape index (κ2) is 6.18. The van der Waals surface area contributed by atoms with Crippen LogP contribution in [0.3, 0.4) is 0 Å². The third kappa shape index (κ3) is 4.79. The van der Waals surface area contributed by atoms with E-state index in [9.17, 15) is 4.39 Å². The molecule has 0 unspecified atom stereocenters. The van der Waals surface area contributed by atoms with Crippen molar-refractivity contribution in [2.45, 2.75) is 39.8 Å². The summed E-state index contributed by atoms with van der Waals surface area (Å²) in [6.45, 7) is 8.54. The predicted molar refractivity (Wildman–Crippen MR) is 79.8 cm³/mol. The highest BCUT2D eigenvalue weighted by atomic mass is 19.1. The predicted octanol–water partition coefficient (Wildman–Crippen LogP) is 3.60. The smallest absolute Gasteiger partial charge is 0.238 e. The zero-order valence-corrected chi connectivity index (χ0v) is 12.8. The molecule has 0 aliphatic heterocycles. The maximum atomic E-state index is 13.5. The van der Waals surface area contributed by atoms with E-state index in [1.54, 1.807) is 25.3 Å². The first-order chi connectivity index (χ1) is 9.83. The number of ether oxygens (including phenoxy) is 1. The van der Waals surface area contributed by atoms with Crippen molar-refractivity contribution in [2.24, 2.45) is 0 Å². The van der Waals surface area contributed by atoms with Crippen LogP contribution in [-0.4, -0.2) is 15.5 Å². The normalized spacial score (nSPS) is 11.5. The maximum absolute atomic E-state index is 13.5. The number of nitrogens with zero attached hydrogens (tertiary/aromatic N) is 2. The van der Waals surface area contributed by atoms with Gasteiger partial charge in [-0.05, 0) is 39.3 Å². The van der Waals surface area contributed by atoms with E-state index in [2.05, 4.69) is 36.1 Å². The quantitative estimate of drug-likeness (QED) is 0.934. The van der Waals surface area contributed by atoms with Crippen LogP contribution in [0.15, 0.2) is 30.6 Å². The molecule has 1 aromatic carbocycles. The Kier molecular flexibility index (Phi) is 4.53. The van der Waals surface area contributed by atoms with Crippen molar-refractivity contribution in [2.75, 3.05) is 0 Å². The molecule has 0 aliphatic carbocycles. The van der Waals surface area contributed by atoms with Gasteiger partial charge < -0.3 is 10.1 Å². The standard InChI is InChI=1S/C16H20FN3O/c1-11-5-6-13(7-14(11)17)21-15-10-18-8-12(20-15)9-19-16(2,3)4/h5-8,10,19H,9H2,1-4H3. The van der Waals surface area contributed by atoms with Crippen molar-refractivity contribution in [1.29, 1.82) is 0 Å². The summed E-state index contributed by atoms with van der Waals surface area (Å²) in [5.41, 5.74) is 1.35. The highest BCUT2D eigenvalue weighted by Crippen LogP contribution is 2.21. The van der Waals surface area contributed by atoms with Gasteiger partial charge in [-0.2, -0.15) is 0 Å². The van der Waals surface area contributed by atoms with E-state index < -0.39 is 0 Å². The van der Waals surface area contributed by atoms with E-state index in [0.29, 0.717) is 23.7 Å². The average molecular weight is 289 g/mol. The maximum Gasteiger partial charge on any atom is 0.238 e. The average Bonchev–Trinajstić information content (AvgIpc) is 2.40. The molecule has 5 heteroatoms. The van der Waals surface area contributed by atoms with Gasteiger partial charge in [0.2, 0.25) is 5.88 Å². The molecule has 0 saturated heterocycles. The fraction of sp³-hybridized carbons (Fsp3) is 0.375. The van der Waals surface area contributed by atoms with Crippen LogP contribution in [0.1, 0.15) is 32.0 Å². The third-order valence-electron chi connectivity index (χ3n) is 2.83. The van der Waals surface area contributed by atoms with Gasteiger partial charge in [0.25, 0.3) is 0 Å². The largest absolute Gasteiger partial charge is 0.437 e. The molecule has 0 bridgehead atoms. The number of nitrogens with one attached hydrogen (secondary N) is 1. The molecule has 1 heterocycles. The van der Waals surface area contributed by atoms with Crippen molar-refractivity contribution in [3.05, 3.63) is 47.7 Å². The van der Waals surface area contributed by atoms with Gasteiger partial charge in [0.15, 0.2) is 0 Å². The molecule has 0 fully saturated rings. The Balaban J connectivity index is 2.08. The summed E-state index contributed by atoms with van der Waals surface area (Å²) >= 11 is 0. The third-order valence-corrected chi connectivity index (χ3v) is 2.83. The first-order valence-electron chi connectivity index (χ1n) is 6.83. The van der Waals surface area contributed by atoms with Crippen LogP contribution in [-0.2, 0) is 6.54 Å². The summed E-state index contributed by atoms with van der Waals surface area (Å²) < 4.78 is 19.0. The Morgan fingerprint density at radius 1 is 1.24 bits per heavy atom. The van der Waals surface area contributed by atoms with Gasteiger partial charge in [0.05, 0.1) is 11.9 Å². The Morgan fingerprint density at radius 3 is 2.67 bits per heavy atom. The molecule has 0 aliphatic rings. The lowest BCUT2D eigenvalue weighted by Crippen LogP contribution is -2.35. The van der Waals surface area contributed by atoms with Gasteiger partial charge in [-0.1, -0.05) is 6.07 Å². The van der Waals surface area contributed by atoms with E-state index >= 15 is 0 Å². The number of rotatable bonds is 4. The molecule has 0 atom stereocenters. The summed E-state index contributed by atoms with van der Waals surface area (Å²) in [5.74, 6) is 0.464. The van der Waals surface area contributed by atoms with Gasteiger partial charge in [0, 0.05) is 24.3 Å². The lowest BCUT2D eigenvalue weighted by Gasteiger charge is -2.20. The zero-order chi connectivity index (χ0) is 15.5. The summed E-state index contributed by atoms with van der Waals surface area (Å²) in [5, 5.41) is 3.33. The fourth-order valence-electron chi connectivity index (χ4n) is 1.63. The Bertz CT molecular complexity index is 623. The highest BCUT2D eigenvalue weighted by molar-refractivity contribution is 5.30. The van der Waals surface area contributed by atoms with Crippen molar-refractivity contribution in [3.63, 3.8) is 0 Å². The molecule has 0 radical (unpaired) electrons. The topological polar surface area (TPSA) is 47.0 Å². The summed E-state index contributed by atoms with van der Waals surface area (Å²) in [6.07, 6.45) is 3.19. The van der Waals surface area contributed by atoms with Gasteiger partial charge in [-0.15, -0.1) is 0 Å². The molecule has 2 aromatic rings. The number of aryl methyl sites for hydroxylation is 1. The molecule has 112 valence electrons. The molecule has 21 heavy (non-hydrogen) atoms. The molecule has 0 spiro atoms. The first-order valence-corrected chi connectivity index (χ1v) is 6.83. The number of aromatic nitrogens is 2. The number of hydrogen-bond donors (Lipinski definition) is 1. The number of hydrogen-bond acceptors (Lipinski definition) is 4. The minimum absolute atomic E-state index is 0.00136. The van der Waals surface area contributed by atoms with Crippen molar-refractivity contribution >= 4 is 0 Å². The van der Waals surface area contributed by atoms with E-state index in [-0.39, 0.29) is 11.4 Å². The Hall–Kier alpha value is -2.01. The number of halogens is 1. The van der Waals surface area contributed by atoms with Gasteiger partial charge in [-0.3, -0.25) is 4.98 Å². The van der Waals surface area contributed by atoms with Crippen LogP contribution in [0, 0.1) is 12.7 Å². The lowest BCUT2D eigenvalue weighted by atomic mass is 10.1. The highest BCUT2D eigenvalue weighted by Gasteiger charge is 2.10. The fourth-order valence-corrected chi connectivity index (χ4v) is 1.63. The summed E-state index contributed by atoms with van der Waals surface area (Å²) in [4.78, 5) is 8.45. The Labute approximate surface area is 124 Å². The van der Waals surface area contributed by atoms with Gasteiger partial charge in [0.1, 0.15) is 11.6 Å². The van der Waals surface area contributed by atoms with E-state index in [4.69, 9.17) is 4.74 Å². The minimum Gasteiger partial charge on any atom is -0.437 e. The van der Waals surface area contributed by atoms with Crippen LogP contribution in [0.5, 0.6) is 11.6 Å². The first kappa shape index (κ1) is 15.4.